The number of methoxy groups -OCH3 is 1. The van der Waals surface area contributed by atoms with Crippen molar-refractivity contribution in [3.05, 3.63) is 0 Å². The molecule has 0 radical (unpaired) electrons. The number of aliphatic carboxylic acids is 1. The summed E-state index contributed by atoms with van der Waals surface area (Å²) in [5.41, 5.74) is 0. The van der Waals surface area contributed by atoms with Crippen molar-refractivity contribution in [2.45, 2.75) is 12.8 Å². The first-order valence-corrected chi connectivity index (χ1v) is 7.21. The topological polar surface area (TPSA) is 118 Å². The van der Waals surface area contributed by atoms with Gasteiger partial charge in [0.05, 0.1) is 52.7 Å². The Kier molecular flexibility index (Phi) is 14.3. The van der Waals surface area contributed by atoms with E-state index in [2.05, 4.69) is 0 Å². The second kappa shape index (κ2) is 15.3. The monoisotopic (exact) mass is 336 g/mol. The van der Waals surface area contributed by atoms with Crippen LogP contribution in [0.2, 0.25) is 0 Å². The lowest BCUT2D eigenvalue weighted by Crippen LogP contribution is -2.17. The second-order valence-corrected chi connectivity index (χ2v) is 4.28. The van der Waals surface area contributed by atoms with Crippen molar-refractivity contribution in [2.24, 2.45) is 0 Å². The molecule has 0 unspecified atom stereocenters. The molecule has 9 nitrogen and oxygen atoms in total. The third-order valence-electron chi connectivity index (χ3n) is 2.46. The zero-order chi connectivity index (χ0) is 17.3. The lowest BCUT2D eigenvalue weighted by atomic mass is 10.2. The highest BCUT2D eigenvalue weighted by molar-refractivity contribution is 6.32. The summed E-state index contributed by atoms with van der Waals surface area (Å²) in [6.07, 6.45) is -0.618. The molecular weight excluding hydrogens is 312 g/mol. The molecule has 0 aromatic carbocycles. The first kappa shape index (κ1) is 21.4. The van der Waals surface area contributed by atoms with Crippen molar-refractivity contribution in [3.8, 4) is 0 Å². The van der Waals surface area contributed by atoms with Crippen LogP contribution < -0.4 is 0 Å². The molecule has 0 aliphatic heterocycles. The number of hydrogen-bond donors (Lipinski definition) is 1. The summed E-state index contributed by atoms with van der Waals surface area (Å²) in [7, 11) is 1.60. The fourth-order valence-electron chi connectivity index (χ4n) is 1.29. The van der Waals surface area contributed by atoms with Gasteiger partial charge in [-0.2, -0.15) is 0 Å². The van der Waals surface area contributed by atoms with E-state index >= 15 is 0 Å². The molecule has 9 heteroatoms. The molecule has 134 valence electrons. The highest BCUT2D eigenvalue weighted by Crippen LogP contribution is 1.95. The predicted molar refractivity (Wildman–Crippen MR) is 77.2 cm³/mol. The van der Waals surface area contributed by atoms with E-state index in [1.165, 1.54) is 0 Å². The first-order valence-electron chi connectivity index (χ1n) is 7.21. The van der Waals surface area contributed by atoms with Gasteiger partial charge in [0.25, 0.3) is 0 Å². The van der Waals surface area contributed by atoms with Crippen LogP contribution in [0.5, 0.6) is 0 Å². The van der Waals surface area contributed by atoms with E-state index in [1.54, 1.807) is 7.11 Å². The quantitative estimate of drug-likeness (QED) is 0.229. The largest absolute Gasteiger partial charge is 0.476 e. The number of carboxylic acid groups (broad SMARTS) is 1. The van der Waals surface area contributed by atoms with Gasteiger partial charge < -0.3 is 28.8 Å². The minimum Gasteiger partial charge on any atom is -0.476 e. The lowest BCUT2D eigenvalue weighted by Gasteiger charge is -2.07. The van der Waals surface area contributed by atoms with Crippen molar-refractivity contribution >= 4 is 17.7 Å². The number of hydrogen-bond acceptors (Lipinski definition) is 8. The molecule has 0 aliphatic carbocycles. The van der Waals surface area contributed by atoms with E-state index in [0.29, 0.717) is 39.6 Å². The Hall–Kier alpha value is -1.55. The summed E-state index contributed by atoms with van der Waals surface area (Å²) in [4.78, 5) is 32.2. The van der Waals surface area contributed by atoms with E-state index in [9.17, 15) is 14.4 Å². The summed E-state index contributed by atoms with van der Waals surface area (Å²) >= 11 is 0. The average molecular weight is 336 g/mol. The van der Waals surface area contributed by atoms with Gasteiger partial charge >= 0.3 is 11.9 Å². The highest BCUT2D eigenvalue weighted by atomic mass is 16.6. The van der Waals surface area contributed by atoms with Gasteiger partial charge in [0.15, 0.2) is 0 Å². The van der Waals surface area contributed by atoms with Gasteiger partial charge in [-0.05, 0) is 0 Å². The van der Waals surface area contributed by atoms with Gasteiger partial charge in [0.1, 0.15) is 6.61 Å². The molecule has 0 heterocycles. The van der Waals surface area contributed by atoms with E-state index in [1.807, 2.05) is 0 Å². The molecule has 0 spiro atoms. The highest BCUT2D eigenvalue weighted by Gasteiger charge is 2.13. The Labute approximate surface area is 134 Å². The molecule has 0 atom stereocenters. The summed E-state index contributed by atoms with van der Waals surface area (Å²) in [5.74, 6) is -3.19. The fourth-order valence-corrected chi connectivity index (χ4v) is 1.29. The molecule has 0 aromatic heterocycles. The summed E-state index contributed by atoms with van der Waals surface area (Å²) < 4.78 is 25.2. The maximum atomic E-state index is 11.2. The number of rotatable bonds is 16. The number of esters is 1. The SMILES string of the molecule is COCCOCCOCCOCCOC(=O)CCC(=O)C(=O)O. The maximum absolute atomic E-state index is 11.2. The van der Waals surface area contributed by atoms with E-state index in [0.717, 1.165) is 0 Å². The van der Waals surface area contributed by atoms with Crippen molar-refractivity contribution in [3.63, 3.8) is 0 Å². The van der Waals surface area contributed by atoms with Gasteiger partial charge in [-0.3, -0.25) is 9.59 Å². The van der Waals surface area contributed by atoms with Gasteiger partial charge in [-0.25, -0.2) is 4.79 Å². The second-order valence-electron chi connectivity index (χ2n) is 4.28. The molecule has 0 saturated heterocycles. The molecule has 0 saturated carbocycles. The number of carbonyl (C=O) groups is 3. The molecule has 23 heavy (non-hydrogen) atoms. The normalized spacial score (nSPS) is 10.5. The van der Waals surface area contributed by atoms with Crippen LogP contribution in [0.1, 0.15) is 12.8 Å². The molecule has 0 fully saturated rings. The van der Waals surface area contributed by atoms with E-state index < -0.39 is 17.7 Å². The molecule has 0 rings (SSSR count). The van der Waals surface area contributed by atoms with Crippen LogP contribution in [0, 0.1) is 0 Å². The lowest BCUT2D eigenvalue weighted by molar-refractivity contribution is -0.151. The van der Waals surface area contributed by atoms with E-state index in [-0.39, 0.29) is 26.1 Å². The Morgan fingerprint density at radius 3 is 1.70 bits per heavy atom. The number of Topliss-reactive ketones (excluding diaryl/α,β-unsaturated/α-hetero) is 1. The zero-order valence-electron chi connectivity index (χ0n) is 13.3. The first-order chi connectivity index (χ1) is 11.1. The molecule has 1 N–H and O–H groups in total. The van der Waals surface area contributed by atoms with Gasteiger partial charge in [-0.1, -0.05) is 0 Å². The number of ketones is 1. The third-order valence-corrected chi connectivity index (χ3v) is 2.46. The Balaban J connectivity index is 3.25. The molecular formula is C14H24O9. The third kappa shape index (κ3) is 15.1. The van der Waals surface area contributed by atoms with E-state index in [4.69, 9.17) is 28.8 Å². The van der Waals surface area contributed by atoms with Crippen molar-refractivity contribution < 1.29 is 43.2 Å². The Bertz CT molecular complexity index is 343. The van der Waals surface area contributed by atoms with Crippen LogP contribution in [-0.2, 0) is 38.1 Å². The van der Waals surface area contributed by atoms with Crippen LogP contribution in [-0.4, -0.2) is 82.8 Å². The van der Waals surface area contributed by atoms with Crippen molar-refractivity contribution in [1.29, 1.82) is 0 Å². The zero-order valence-corrected chi connectivity index (χ0v) is 13.3. The van der Waals surface area contributed by atoms with Gasteiger partial charge in [0, 0.05) is 13.5 Å². The van der Waals surface area contributed by atoms with Crippen LogP contribution >= 0.6 is 0 Å². The summed E-state index contributed by atoms with van der Waals surface area (Å²) in [5, 5.41) is 8.34. The van der Waals surface area contributed by atoms with Crippen LogP contribution in [0.25, 0.3) is 0 Å². The maximum Gasteiger partial charge on any atom is 0.372 e. The molecule has 0 bridgehead atoms. The molecule has 0 aliphatic rings. The number of carboxylic acids is 1. The number of ether oxygens (including phenoxy) is 5. The predicted octanol–water partition coefficient (Wildman–Crippen LogP) is -0.340. The number of carbonyl (C=O) groups excluding carboxylic acids is 2. The Morgan fingerprint density at radius 2 is 1.22 bits per heavy atom. The fraction of sp³-hybridized carbons (Fsp3) is 0.786. The summed E-state index contributed by atoms with van der Waals surface area (Å²) in [6.45, 7) is 3.01. The van der Waals surface area contributed by atoms with Crippen molar-refractivity contribution in [1.82, 2.24) is 0 Å². The van der Waals surface area contributed by atoms with Crippen LogP contribution in [0.4, 0.5) is 0 Å². The van der Waals surface area contributed by atoms with Crippen LogP contribution in [0.3, 0.4) is 0 Å². The molecule has 0 aromatic rings. The van der Waals surface area contributed by atoms with Gasteiger partial charge in [-0.15, -0.1) is 0 Å². The minimum atomic E-state index is -1.55. The van der Waals surface area contributed by atoms with Gasteiger partial charge in [0.2, 0.25) is 5.78 Å². The van der Waals surface area contributed by atoms with Crippen LogP contribution in [0.15, 0.2) is 0 Å². The summed E-state index contributed by atoms with van der Waals surface area (Å²) in [6, 6.07) is 0. The average Bonchev–Trinajstić information content (AvgIpc) is 2.53. The smallest absolute Gasteiger partial charge is 0.372 e. The Morgan fingerprint density at radius 1 is 0.739 bits per heavy atom. The van der Waals surface area contributed by atoms with Crippen molar-refractivity contribution in [2.75, 3.05) is 60.0 Å². The minimum absolute atomic E-state index is 0.0419. The molecule has 0 amide bonds. The standard InChI is InChI=1S/C14H24O9/c1-19-4-5-20-6-7-21-8-9-22-10-11-23-13(16)3-2-12(15)14(17)18/h2-11H2,1H3,(H,17,18).